The number of rotatable bonds is 2. The van der Waals surface area contributed by atoms with Gasteiger partial charge in [-0.15, -0.1) is 0 Å². The standard InChI is InChI=1S/C12H16FNO/c1-15-12-5-3-9(7-11(12)13)8-2-4-10(14)6-8/h3,5,7-8,10H,2,4,6,14H2,1H3. The maximum absolute atomic E-state index is 13.4. The largest absolute Gasteiger partial charge is 0.494 e. The molecule has 0 amide bonds. The summed E-state index contributed by atoms with van der Waals surface area (Å²) < 4.78 is 18.3. The lowest BCUT2D eigenvalue weighted by atomic mass is 9.97. The second-order valence-corrected chi connectivity index (χ2v) is 4.16. The summed E-state index contributed by atoms with van der Waals surface area (Å²) in [5, 5.41) is 0. The molecule has 2 nitrogen and oxygen atoms in total. The molecule has 15 heavy (non-hydrogen) atoms. The van der Waals surface area contributed by atoms with Crippen LogP contribution in [0.4, 0.5) is 4.39 Å². The average Bonchev–Trinajstić information content (AvgIpc) is 2.65. The summed E-state index contributed by atoms with van der Waals surface area (Å²) in [6, 6.07) is 5.47. The fourth-order valence-corrected chi connectivity index (χ4v) is 2.26. The number of hydrogen-bond donors (Lipinski definition) is 1. The van der Waals surface area contributed by atoms with E-state index in [0.29, 0.717) is 11.7 Å². The highest BCUT2D eigenvalue weighted by Gasteiger charge is 2.23. The average molecular weight is 209 g/mol. The van der Waals surface area contributed by atoms with Crippen LogP contribution >= 0.6 is 0 Å². The first-order chi connectivity index (χ1) is 7.20. The summed E-state index contributed by atoms with van der Waals surface area (Å²) in [5.74, 6) is 0.442. The molecule has 0 aromatic heterocycles. The lowest BCUT2D eigenvalue weighted by Gasteiger charge is -2.11. The second-order valence-electron chi connectivity index (χ2n) is 4.16. The van der Waals surface area contributed by atoms with Gasteiger partial charge in [-0.05, 0) is 42.9 Å². The van der Waals surface area contributed by atoms with E-state index >= 15 is 0 Å². The molecule has 0 aliphatic heterocycles. The number of ether oxygens (including phenoxy) is 1. The highest BCUT2D eigenvalue weighted by atomic mass is 19.1. The first-order valence-electron chi connectivity index (χ1n) is 5.29. The Morgan fingerprint density at radius 3 is 2.73 bits per heavy atom. The number of nitrogens with two attached hydrogens (primary N) is 1. The minimum atomic E-state index is -0.282. The Kier molecular flexibility index (Phi) is 2.91. The van der Waals surface area contributed by atoms with E-state index in [-0.39, 0.29) is 11.9 Å². The van der Waals surface area contributed by atoms with Gasteiger partial charge in [-0.25, -0.2) is 4.39 Å². The molecule has 1 aromatic rings. The van der Waals surface area contributed by atoms with E-state index in [0.717, 1.165) is 24.8 Å². The predicted octanol–water partition coefficient (Wildman–Crippen LogP) is 2.43. The van der Waals surface area contributed by atoms with Crippen molar-refractivity contribution in [3.63, 3.8) is 0 Å². The van der Waals surface area contributed by atoms with Crippen LogP contribution in [0, 0.1) is 5.82 Å². The molecule has 3 heteroatoms. The van der Waals surface area contributed by atoms with Gasteiger partial charge in [0.05, 0.1) is 7.11 Å². The Balaban J connectivity index is 2.19. The lowest BCUT2D eigenvalue weighted by Crippen LogP contribution is -2.14. The highest BCUT2D eigenvalue weighted by molar-refractivity contribution is 5.31. The van der Waals surface area contributed by atoms with Crippen LogP contribution in [0.3, 0.4) is 0 Å². The third-order valence-electron chi connectivity index (χ3n) is 3.12. The lowest BCUT2D eigenvalue weighted by molar-refractivity contribution is 0.386. The molecule has 1 fully saturated rings. The van der Waals surface area contributed by atoms with E-state index < -0.39 is 0 Å². The zero-order chi connectivity index (χ0) is 10.8. The molecule has 0 radical (unpaired) electrons. The van der Waals surface area contributed by atoms with Gasteiger partial charge in [0, 0.05) is 6.04 Å². The van der Waals surface area contributed by atoms with Crippen LogP contribution in [-0.4, -0.2) is 13.2 Å². The normalized spacial score (nSPS) is 25.5. The van der Waals surface area contributed by atoms with Crippen LogP contribution < -0.4 is 10.5 Å². The SMILES string of the molecule is COc1ccc(C2CCC(N)C2)cc1F. The number of benzene rings is 1. The van der Waals surface area contributed by atoms with Crippen LogP contribution in [0.25, 0.3) is 0 Å². The molecule has 1 aromatic carbocycles. The van der Waals surface area contributed by atoms with Crippen molar-refractivity contribution in [1.82, 2.24) is 0 Å². The number of halogens is 1. The Morgan fingerprint density at radius 1 is 1.40 bits per heavy atom. The molecule has 2 atom stereocenters. The van der Waals surface area contributed by atoms with Gasteiger partial charge in [0.1, 0.15) is 0 Å². The number of methoxy groups -OCH3 is 1. The molecule has 0 heterocycles. The third-order valence-corrected chi connectivity index (χ3v) is 3.12. The third kappa shape index (κ3) is 2.12. The fourth-order valence-electron chi connectivity index (χ4n) is 2.26. The van der Waals surface area contributed by atoms with Crippen molar-refractivity contribution >= 4 is 0 Å². The smallest absolute Gasteiger partial charge is 0.165 e. The van der Waals surface area contributed by atoms with Crippen LogP contribution in [0.5, 0.6) is 5.75 Å². The van der Waals surface area contributed by atoms with E-state index in [1.165, 1.54) is 7.11 Å². The molecular weight excluding hydrogens is 193 g/mol. The predicted molar refractivity (Wildman–Crippen MR) is 57.5 cm³/mol. The van der Waals surface area contributed by atoms with Crippen LogP contribution in [0.1, 0.15) is 30.7 Å². The number of hydrogen-bond acceptors (Lipinski definition) is 2. The summed E-state index contributed by atoms with van der Waals surface area (Å²) in [5.41, 5.74) is 6.88. The van der Waals surface area contributed by atoms with Crippen molar-refractivity contribution in [3.8, 4) is 5.75 Å². The Morgan fingerprint density at radius 2 is 2.20 bits per heavy atom. The second kappa shape index (κ2) is 4.19. The Labute approximate surface area is 89.2 Å². The first-order valence-corrected chi connectivity index (χ1v) is 5.29. The molecule has 2 rings (SSSR count). The zero-order valence-corrected chi connectivity index (χ0v) is 8.87. The molecule has 1 saturated carbocycles. The van der Waals surface area contributed by atoms with Crippen molar-refractivity contribution in [2.75, 3.05) is 7.11 Å². The maximum atomic E-state index is 13.4. The Hall–Kier alpha value is -1.09. The van der Waals surface area contributed by atoms with E-state index in [1.54, 1.807) is 12.1 Å². The zero-order valence-electron chi connectivity index (χ0n) is 8.87. The van der Waals surface area contributed by atoms with Crippen LogP contribution in [-0.2, 0) is 0 Å². The van der Waals surface area contributed by atoms with Crippen molar-refractivity contribution in [1.29, 1.82) is 0 Å². The summed E-state index contributed by atoms with van der Waals surface area (Å²) in [6.45, 7) is 0. The minimum absolute atomic E-state index is 0.278. The van der Waals surface area contributed by atoms with Gasteiger partial charge in [-0.3, -0.25) is 0 Å². The van der Waals surface area contributed by atoms with Gasteiger partial charge in [0.25, 0.3) is 0 Å². The summed E-state index contributed by atoms with van der Waals surface area (Å²) in [6.07, 6.45) is 3.07. The monoisotopic (exact) mass is 209 g/mol. The fraction of sp³-hybridized carbons (Fsp3) is 0.500. The van der Waals surface area contributed by atoms with Crippen molar-refractivity contribution in [3.05, 3.63) is 29.6 Å². The van der Waals surface area contributed by atoms with Gasteiger partial charge in [0.15, 0.2) is 11.6 Å². The molecule has 2 N–H and O–H groups in total. The molecule has 1 aliphatic rings. The van der Waals surface area contributed by atoms with Gasteiger partial charge in [-0.1, -0.05) is 6.07 Å². The molecular formula is C12H16FNO. The molecule has 0 bridgehead atoms. The summed E-state index contributed by atoms with van der Waals surface area (Å²) in [4.78, 5) is 0. The van der Waals surface area contributed by atoms with Gasteiger partial charge in [-0.2, -0.15) is 0 Å². The van der Waals surface area contributed by atoms with Crippen molar-refractivity contribution in [2.24, 2.45) is 5.73 Å². The van der Waals surface area contributed by atoms with E-state index in [4.69, 9.17) is 10.5 Å². The first kappa shape index (κ1) is 10.4. The maximum Gasteiger partial charge on any atom is 0.165 e. The van der Waals surface area contributed by atoms with E-state index in [9.17, 15) is 4.39 Å². The Bertz CT molecular complexity index is 353. The highest BCUT2D eigenvalue weighted by Crippen LogP contribution is 2.34. The van der Waals surface area contributed by atoms with Gasteiger partial charge >= 0.3 is 0 Å². The summed E-state index contributed by atoms with van der Waals surface area (Å²) >= 11 is 0. The van der Waals surface area contributed by atoms with Gasteiger partial charge in [0.2, 0.25) is 0 Å². The molecule has 0 spiro atoms. The molecule has 1 aliphatic carbocycles. The summed E-state index contributed by atoms with van der Waals surface area (Å²) in [7, 11) is 1.48. The quantitative estimate of drug-likeness (QED) is 0.811. The molecule has 82 valence electrons. The van der Waals surface area contributed by atoms with E-state index in [1.807, 2.05) is 6.07 Å². The van der Waals surface area contributed by atoms with Crippen molar-refractivity contribution in [2.45, 2.75) is 31.2 Å². The van der Waals surface area contributed by atoms with Crippen LogP contribution in [0.2, 0.25) is 0 Å². The topological polar surface area (TPSA) is 35.2 Å². The van der Waals surface area contributed by atoms with E-state index in [2.05, 4.69) is 0 Å². The minimum Gasteiger partial charge on any atom is -0.494 e. The molecule has 0 saturated heterocycles. The van der Waals surface area contributed by atoms with Crippen LogP contribution in [0.15, 0.2) is 18.2 Å². The van der Waals surface area contributed by atoms with Crippen molar-refractivity contribution < 1.29 is 9.13 Å². The molecule has 2 unspecified atom stereocenters. The van der Waals surface area contributed by atoms with Gasteiger partial charge < -0.3 is 10.5 Å².